The minimum atomic E-state index is -1.10. The van der Waals surface area contributed by atoms with Crippen molar-refractivity contribution in [2.24, 2.45) is 0 Å². The molecule has 0 bridgehead atoms. The average molecular weight is 381 g/mol. The highest BCUT2D eigenvalue weighted by Gasteiger charge is 2.33. The minimum absolute atomic E-state index is 0.0271. The molecule has 2 aliphatic carbocycles. The lowest BCUT2D eigenvalue weighted by atomic mass is 9.98. The molecule has 146 valence electrons. The van der Waals surface area contributed by atoms with Crippen LogP contribution < -0.4 is 0 Å². The van der Waals surface area contributed by atoms with Crippen LogP contribution in [-0.2, 0) is 14.3 Å². The third-order valence-electron chi connectivity index (χ3n) is 5.39. The highest BCUT2D eigenvalue weighted by molar-refractivity contribution is 5.81. The van der Waals surface area contributed by atoms with E-state index in [1.54, 1.807) is 0 Å². The molecule has 1 atom stereocenters. The lowest BCUT2D eigenvalue weighted by molar-refractivity contribution is -0.144. The summed E-state index contributed by atoms with van der Waals surface area (Å²) in [5, 5.41) is 9.44. The van der Waals surface area contributed by atoms with Crippen molar-refractivity contribution in [3.8, 4) is 11.1 Å². The van der Waals surface area contributed by atoms with Crippen LogP contribution in [0.3, 0.4) is 0 Å². The fourth-order valence-corrected chi connectivity index (χ4v) is 3.63. The number of rotatable bonds is 7. The summed E-state index contributed by atoms with van der Waals surface area (Å²) < 4.78 is 11.0. The van der Waals surface area contributed by atoms with Gasteiger partial charge in [-0.05, 0) is 35.1 Å². The SMILES string of the molecule is CN(C(=O)OCC1c2ccccc2-c2ccccc21)[C@@H](COC1CC1)C(=O)O. The highest BCUT2D eigenvalue weighted by atomic mass is 16.6. The van der Waals surface area contributed by atoms with Gasteiger partial charge in [0.15, 0.2) is 6.04 Å². The summed E-state index contributed by atoms with van der Waals surface area (Å²) in [7, 11) is 1.44. The van der Waals surface area contributed by atoms with Gasteiger partial charge in [0, 0.05) is 13.0 Å². The molecule has 2 aromatic carbocycles. The number of benzene rings is 2. The molecule has 1 amide bonds. The number of carbonyl (C=O) groups excluding carboxylic acids is 1. The average Bonchev–Trinajstić information content (AvgIpc) is 3.47. The normalized spacial score (nSPS) is 16.2. The Hall–Kier alpha value is -2.86. The van der Waals surface area contributed by atoms with E-state index in [2.05, 4.69) is 12.1 Å². The van der Waals surface area contributed by atoms with Crippen LogP contribution in [0.2, 0.25) is 0 Å². The number of likely N-dealkylation sites (N-methyl/N-ethyl adjacent to an activating group) is 1. The summed E-state index contributed by atoms with van der Waals surface area (Å²) in [5.41, 5.74) is 4.53. The van der Waals surface area contributed by atoms with Crippen molar-refractivity contribution < 1.29 is 24.2 Å². The number of hydrogen-bond acceptors (Lipinski definition) is 4. The van der Waals surface area contributed by atoms with Gasteiger partial charge in [-0.2, -0.15) is 0 Å². The van der Waals surface area contributed by atoms with E-state index in [4.69, 9.17) is 9.47 Å². The van der Waals surface area contributed by atoms with Crippen molar-refractivity contribution in [3.05, 3.63) is 59.7 Å². The van der Waals surface area contributed by atoms with Gasteiger partial charge in [-0.15, -0.1) is 0 Å². The predicted octanol–water partition coefficient (Wildman–Crippen LogP) is 3.50. The molecular formula is C22H23NO5. The Morgan fingerprint density at radius 1 is 1.07 bits per heavy atom. The highest BCUT2D eigenvalue weighted by Crippen LogP contribution is 2.44. The number of fused-ring (bicyclic) bond motifs is 3. The molecule has 28 heavy (non-hydrogen) atoms. The number of nitrogens with zero attached hydrogens (tertiary/aromatic N) is 1. The Morgan fingerprint density at radius 3 is 2.18 bits per heavy atom. The second kappa shape index (κ2) is 7.64. The Labute approximate surface area is 163 Å². The maximum Gasteiger partial charge on any atom is 0.410 e. The molecule has 1 fully saturated rings. The van der Waals surface area contributed by atoms with Crippen LogP contribution in [0.25, 0.3) is 11.1 Å². The van der Waals surface area contributed by atoms with E-state index in [1.165, 1.54) is 7.05 Å². The number of amides is 1. The Bertz CT molecular complexity index is 847. The second-order valence-electron chi connectivity index (χ2n) is 7.30. The maximum atomic E-state index is 12.5. The van der Waals surface area contributed by atoms with Gasteiger partial charge in [0.2, 0.25) is 0 Å². The first-order chi connectivity index (χ1) is 13.6. The van der Waals surface area contributed by atoms with Crippen molar-refractivity contribution in [1.29, 1.82) is 0 Å². The monoisotopic (exact) mass is 381 g/mol. The molecule has 4 rings (SSSR count). The zero-order valence-corrected chi connectivity index (χ0v) is 15.7. The standard InChI is InChI=1S/C22H23NO5/c1-23(20(21(24)25)13-27-14-10-11-14)22(26)28-12-19-17-8-4-2-6-15(17)16-7-3-5-9-18(16)19/h2-9,14,19-20H,10-13H2,1H3,(H,24,25)/t20-/m0/s1. The van der Waals surface area contributed by atoms with E-state index in [0.29, 0.717) is 0 Å². The molecule has 6 heteroatoms. The number of carboxylic acids is 1. The summed E-state index contributed by atoms with van der Waals surface area (Å²) in [6.45, 7) is 0.133. The second-order valence-corrected chi connectivity index (χ2v) is 7.30. The molecule has 0 spiro atoms. The topological polar surface area (TPSA) is 76.1 Å². The lowest BCUT2D eigenvalue weighted by Crippen LogP contribution is -2.46. The van der Waals surface area contributed by atoms with Gasteiger partial charge < -0.3 is 14.6 Å². The molecule has 1 N–H and O–H groups in total. The van der Waals surface area contributed by atoms with E-state index < -0.39 is 18.1 Å². The molecule has 0 radical (unpaired) electrons. The van der Waals surface area contributed by atoms with Gasteiger partial charge in [-0.3, -0.25) is 4.90 Å². The summed E-state index contributed by atoms with van der Waals surface area (Å²) in [4.78, 5) is 25.2. The number of carboxylic acid groups (broad SMARTS) is 1. The first-order valence-corrected chi connectivity index (χ1v) is 9.48. The van der Waals surface area contributed by atoms with Crippen molar-refractivity contribution >= 4 is 12.1 Å². The summed E-state index contributed by atoms with van der Waals surface area (Å²) in [6, 6.07) is 15.1. The van der Waals surface area contributed by atoms with Crippen molar-refractivity contribution in [3.63, 3.8) is 0 Å². The Balaban J connectivity index is 1.44. The molecule has 0 unspecified atom stereocenters. The summed E-state index contributed by atoms with van der Waals surface area (Å²) >= 11 is 0. The Morgan fingerprint density at radius 2 is 1.64 bits per heavy atom. The molecule has 0 aliphatic heterocycles. The van der Waals surface area contributed by atoms with E-state index >= 15 is 0 Å². The van der Waals surface area contributed by atoms with Gasteiger partial charge in [0.1, 0.15) is 6.61 Å². The van der Waals surface area contributed by atoms with Crippen LogP contribution in [0.1, 0.15) is 29.9 Å². The quantitative estimate of drug-likeness (QED) is 0.794. The maximum absolute atomic E-state index is 12.5. The number of ether oxygens (including phenoxy) is 2. The first kappa shape index (κ1) is 18.5. The van der Waals surface area contributed by atoms with E-state index in [9.17, 15) is 14.7 Å². The molecule has 6 nitrogen and oxygen atoms in total. The largest absolute Gasteiger partial charge is 0.480 e. The number of hydrogen-bond donors (Lipinski definition) is 1. The van der Waals surface area contributed by atoms with Crippen LogP contribution in [0.5, 0.6) is 0 Å². The van der Waals surface area contributed by atoms with Crippen LogP contribution in [0.15, 0.2) is 48.5 Å². The fourth-order valence-electron chi connectivity index (χ4n) is 3.63. The first-order valence-electron chi connectivity index (χ1n) is 9.48. The molecule has 2 aromatic rings. The summed E-state index contributed by atoms with van der Waals surface area (Å²) in [5.74, 6) is -1.16. The predicted molar refractivity (Wildman–Crippen MR) is 103 cm³/mol. The molecule has 1 saturated carbocycles. The smallest absolute Gasteiger partial charge is 0.410 e. The van der Waals surface area contributed by atoms with Crippen LogP contribution >= 0.6 is 0 Å². The molecule has 2 aliphatic rings. The van der Waals surface area contributed by atoms with Crippen LogP contribution in [0, 0.1) is 0 Å². The van der Waals surface area contributed by atoms with Gasteiger partial charge >= 0.3 is 12.1 Å². The molecule has 0 saturated heterocycles. The molecule has 0 heterocycles. The van der Waals surface area contributed by atoms with Crippen LogP contribution in [-0.4, -0.2) is 54.5 Å². The third-order valence-corrected chi connectivity index (χ3v) is 5.39. The zero-order valence-electron chi connectivity index (χ0n) is 15.7. The number of carbonyl (C=O) groups is 2. The van der Waals surface area contributed by atoms with Gasteiger partial charge in [-0.1, -0.05) is 48.5 Å². The van der Waals surface area contributed by atoms with Gasteiger partial charge in [0.25, 0.3) is 0 Å². The van der Waals surface area contributed by atoms with Gasteiger partial charge in [-0.25, -0.2) is 9.59 Å². The molecular weight excluding hydrogens is 358 g/mol. The van der Waals surface area contributed by atoms with E-state index in [1.807, 2.05) is 36.4 Å². The van der Waals surface area contributed by atoms with Crippen molar-refractivity contribution in [1.82, 2.24) is 4.90 Å². The Kier molecular flexibility index (Phi) is 5.05. The lowest BCUT2D eigenvalue weighted by Gasteiger charge is -2.25. The number of aliphatic carboxylic acids is 1. The van der Waals surface area contributed by atoms with Crippen molar-refractivity contribution in [2.75, 3.05) is 20.3 Å². The zero-order chi connectivity index (χ0) is 19.7. The minimum Gasteiger partial charge on any atom is -0.480 e. The van der Waals surface area contributed by atoms with E-state index in [-0.39, 0.29) is 25.2 Å². The third kappa shape index (κ3) is 3.60. The fraction of sp³-hybridized carbons (Fsp3) is 0.364. The van der Waals surface area contributed by atoms with E-state index in [0.717, 1.165) is 40.0 Å². The molecule has 0 aromatic heterocycles. The summed E-state index contributed by atoms with van der Waals surface area (Å²) in [6.07, 6.45) is 1.36. The van der Waals surface area contributed by atoms with Crippen LogP contribution in [0.4, 0.5) is 4.79 Å². The van der Waals surface area contributed by atoms with Crippen molar-refractivity contribution in [2.45, 2.75) is 30.9 Å². The van der Waals surface area contributed by atoms with Gasteiger partial charge in [0.05, 0.1) is 12.7 Å².